The monoisotopic (exact) mass is 323 g/mol. The Morgan fingerprint density at radius 2 is 1.67 bits per heavy atom. The van der Waals surface area contributed by atoms with E-state index in [0.29, 0.717) is 23.7 Å². The Morgan fingerprint density at radius 3 is 2.25 bits per heavy atom. The molecule has 5 fully saturated rings. The summed E-state index contributed by atoms with van der Waals surface area (Å²) in [7, 11) is 0. The molecule has 1 aliphatic heterocycles. The third kappa shape index (κ3) is 2.01. The van der Waals surface area contributed by atoms with Gasteiger partial charge in [0.15, 0.2) is 0 Å². The molecule has 0 amide bonds. The summed E-state index contributed by atoms with van der Waals surface area (Å²) in [6, 6.07) is 2.49. The largest absolute Gasteiger partial charge is 0.198 e. The van der Waals surface area contributed by atoms with Crippen LogP contribution in [-0.4, -0.2) is 11.4 Å². The van der Waals surface area contributed by atoms with Crippen LogP contribution in [0.15, 0.2) is 10.2 Å². The molecule has 5 saturated carbocycles. The van der Waals surface area contributed by atoms with Crippen molar-refractivity contribution in [3.05, 3.63) is 0 Å². The van der Waals surface area contributed by atoms with E-state index in [9.17, 15) is 5.26 Å². The van der Waals surface area contributed by atoms with E-state index in [4.69, 9.17) is 5.10 Å². The van der Waals surface area contributed by atoms with Gasteiger partial charge in [-0.15, -0.1) is 0 Å². The van der Waals surface area contributed by atoms with Crippen molar-refractivity contribution in [2.24, 2.45) is 50.6 Å². The molecule has 0 aromatic rings. The number of fused-ring (bicyclic) bond motifs is 1. The highest BCUT2D eigenvalue weighted by Crippen LogP contribution is 2.63. The first-order valence-corrected chi connectivity index (χ1v) is 10.0. The smallest absolute Gasteiger partial charge is 0.0625 e. The fraction of sp³-hybridized carbons (Fsp3) is 0.857. The van der Waals surface area contributed by atoms with Crippen molar-refractivity contribution in [2.75, 3.05) is 0 Å². The highest BCUT2D eigenvalue weighted by molar-refractivity contribution is 6.13. The van der Waals surface area contributed by atoms with Crippen molar-refractivity contribution >= 4 is 11.4 Å². The second-order valence-corrected chi connectivity index (χ2v) is 10.2. The molecule has 2 atom stereocenters. The van der Waals surface area contributed by atoms with Crippen molar-refractivity contribution < 1.29 is 0 Å². The van der Waals surface area contributed by atoms with E-state index in [1.54, 1.807) is 0 Å². The maximum absolute atomic E-state index is 9.46. The Bertz CT molecular complexity index is 628. The zero-order chi connectivity index (χ0) is 16.5. The van der Waals surface area contributed by atoms with Crippen molar-refractivity contribution in [2.45, 2.75) is 71.6 Å². The molecule has 0 N–H and O–H groups in total. The van der Waals surface area contributed by atoms with Gasteiger partial charge >= 0.3 is 0 Å². The summed E-state index contributed by atoms with van der Waals surface area (Å²) in [5.74, 6) is 3.60. The van der Waals surface area contributed by atoms with Gasteiger partial charge in [0.05, 0.1) is 11.8 Å². The molecule has 3 nitrogen and oxygen atoms in total. The van der Waals surface area contributed by atoms with Gasteiger partial charge in [-0.05, 0) is 80.5 Å². The van der Waals surface area contributed by atoms with Crippen molar-refractivity contribution in [3.63, 3.8) is 0 Å². The molecule has 2 unspecified atom stereocenters. The van der Waals surface area contributed by atoms with Crippen LogP contribution in [0.3, 0.4) is 0 Å². The molecule has 4 bridgehead atoms. The lowest BCUT2D eigenvalue weighted by Gasteiger charge is -2.58. The molecule has 0 aromatic carbocycles. The van der Waals surface area contributed by atoms with E-state index in [-0.39, 0.29) is 5.41 Å². The minimum Gasteiger partial charge on any atom is -0.198 e. The van der Waals surface area contributed by atoms with Crippen LogP contribution in [0.25, 0.3) is 0 Å². The number of nitriles is 1. The quantitative estimate of drug-likeness (QED) is 0.707. The van der Waals surface area contributed by atoms with Crippen LogP contribution in [0.5, 0.6) is 0 Å². The van der Waals surface area contributed by atoms with Gasteiger partial charge in [-0.3, -0.25) is 0 Å². The standard InChI is InChI=1S/C21H29N3/c1-20(2)5-3-17-18(16(20)4-6-22)19(24-23-17)21-10-13-7-14(11-21)9-15(8-13)12-21/h13-16,18H,3-5,7-12H2,1-2H3. The summed E-state index contributed by atoms with van der Waals surface area (Å²) in [6.07, 6.45) is 11.4. The maximum Gasteiger partial charge on any atom is 0.0625 e. The Balaban J connectivity index is 1.52. The zero-order valence-electron chi connectivity index (χ0n) is 15.1. The molecule has 0 aromatic heterocycles. The maximum atomic E-state index is 9.46. The highest BCUT2D eigenvalue weighted by Gasteiger charge is 2.58. The fourth-order valence-electron chi connectivity index (χ4n) is 7.47. The van der Waals surface area contributed by atoms with Gasteiger partial charge in [0, 0.05) is 23.5 Å². The van der Waals surface area contributed by atoms with Crippen molar-refractivity contribution in [1.29, 1.82) is 5.26 Å². The Labute approximate surface area is 145 Å². The van der Waals surface area contributed by atoms with Crippen LogP contribution < -0.4 is 0 Å². The molecule has 1 heterocycles. The minimum atomic E-state index is 0.229. The van der Waals surface area contributed by atoms with E-state index in [2.05, 4.69) is 25.0 Å². The summed E-state index contributed by atoms with van der Waals surface area (Å²) in [5, 5.41) is 19.0. The lowest BCUT2D eigenvalue weighted by Crippen LogP contribution is -2.54. The molecule has 0 radical (unpaired) electrons. The van der Waals surface area contributed by atoms with Gasteiger partial charge in [-0.2, -0.15) is 15.5 Å². The van der Waals surface area contributed by atoms with Crippen molar-refractivity contribution in [1.82, 2.24) is 0 Å². The molecule has 0 spiro atoms. The minimum absolute atomic E-state index is 0.229. The summed E-state index contributed by atoms with van der Waals surface area (Å²) in [6.45, 7) is 4.73. The molecule has 3 heteroatoms. The number of nitrogens with zero attached hydrogens (tertiary/aromatic N) is 3. The average Bonchev–Trinajstić information content (AvgIpc) is 2.93. The molecular weight excluding hydrogens is 294 g/mol. The van der Waals surface area contributed by atoms with Gasteiger partial charge in [0.25, 0.3) is 0 Å². The van der Waals surface area contributed by atoms with Crippen molar-refractivity contribution in [3.8, 4) is 6.07 Å². The van der Waals surface area contributed by atoms with E-state index < -0.39 is 0 Å². The summed E-state index contributed by atoms with van der Waals surface area (Å²) >= 11 is 0. The summed E-state index contributed by atoms with van der Waals surface area (Å²) in [5.41, 5.74) is 3.29. The molecule has 128 valence electrons. The van der Waals surface area contributed by atoms with E-state index >= 15 is 0 Å². The van der Waals surface area contributed by atoms with E-state index in [1.807, 2.05) is 0 Å². The highest BCUT2D eigenvalue weighted by atomic mass is 15.2. The van der Waals surface area contributed by atoms with Gasteiger partial charge in [-0.25, -0.2) is 0 Å². The van der Waals surface area contributed by atoms with Crippen LogP contribution in [-0.2, 0) is 0 Å². The van der Waals surface area contributed by atoms with Crippen LogP contribution >= 0.6 is 0 Å². The Hall–Kier alpha value is -1.17. The lowest BCUT2D eigenvalue weighted by molar-refractivity contribution is -0.0157. The molecule has 5 aliphatic carbocycles. The van der Waals surface area contributed by atoms with Gasteiger partial charge in [0.2, 0.25) is 0 Å². The second kappa shape index (κ2) is 4.93. The average molecular weight is 323 g/mol. The Morgan fingerprint density at radius 1 is 1.04 bits per heavy atom. The molecule has 0 saturated heterocycles. The second-order valence-electron chi connectivity index (χ2n) is 10.2. The van der Waals surface area contributed by atoms with Gasteiger partial charge in [0.1, 0.15) is 0 Å². The lowest BCUT2D eigenvalue weighted by atomic mass is 9.46. The van der Waals surface area contributed by atoms with Crippen LogP contribution in [0, 0.1) is 51.8 Å². The van der Waals surface area contributed by atoms with E-state index in [1.165, 1.54) is 49.9 Å². The molecule has 24 heavy (non-hydrogen) atoms. The predicted octanol–water partition coefficient (Wildman–Crippen LogP) is 4.98. The SMILES string of the molecule is CC1(C)CCC2=NN=C(C34CC5CC(CC(C5)C3)C4)C2C1CC#N. The first-order chi connectivity index (χ1) is 11.5. The number of hydrogen-bond acceptors (Lipinski definition) is 3. The predicted molar refractivity (Wildman–Crippen MR) is 95.7 cm³/mol. The topological polar surface area (TPSA) is 48.5 Å². The van der Waals surface area contributed by atoms with Crippen LogP contribution in [0.1, 0.15) is 71.6 Å². The Kier molecular flexibility index (Phi) is 3.10. The van der Waals surface area contributed by atoms with Crippen LogP contribution in [0.2, 0.25) is 0 Å². The van der Waals surface area contributed by atoms with E-state index in [0.717, 1.165) is 30.6 Å². The first kappa shape index (κ1) is 15.1. The number of rotatable bonds is 2. The fourth-order valence-corrected chi connectivity index (χ4v) is 7.47. The summed E-state index contributed by atoms with van der Waals surface area (Å²) in [4.78, 5) is 0. The summed E-state index contributed by atoms with van der Waals surface area (Å²) < 4.78 is 0. The zero-order valence-corrected chi connectivity index (χ0v) is 15.1. The third-order valence-electron chi connectivity index (χ3n) is 8.26. The molecular formula is C21H29N3. The van der Waals surface area contributed by atoms with Gasteiger partial charge in [-0.1, -0.05) is 13.8 Å². The molecule has 6 aliphatic rings. The third-order valence-corrected chi connectivity index (χ3v) is 8.26. The van der Waals surface area contributed by atoms with Gasteiger partial charge < -0.3 is 0 Å². The van der Waals surface area contributed by atoms with Crippen LogP contribution in [0.4, 0.5) is 0 Å². The first-order valence-electron chi connectivity index (χ1n) is 10.0. The number of hydrogen-bond donors (Lipinski definition) is 0. The molecule has 6 rings (SSSR count). The normalized spacial score (nSPS) is 47.8.